The quantitative estimate of drug-likeness (QED) is 0.571. The van der Waals surface area contributed by atoms with E-state index in [-0.39, 0.29) is 5.97 Å². The van der Waals surface area contributed by atoms with Crippen LogP contribution in [0.5, 0.6) is 0 Å². The highest BCUT2D eigenvalue weighted by atomic mass is 16.5. The van der Waals surface area contributed by atoms with Gasteiger partial charge in [-0.05, 0) is 5.56 Å². The van der Waals surface area contributed by atoms with Crippen molar-refractivity contribution < 1.29 is 9.53 Å². The van der Waals surface area contributed by atoms with Crippen molar-refractivity contribution in [2.45, 2.75) is 13.3 Å². The maximum absolute atomic E-state index is 10.3. The van der Waals surface area contributed by atoms with Gasteiger partial charge in [-0.2, -0.15) is 0 Å². The fourth-order valence-electron chi connectivity index (χ4n) is 0.843. The molecule has 0 aliphatic rings. The molecule has 0 unspecified atom stereocenters. The summed E-state index contributed by atoms with van der Waals surface area (Å²) in [7, 11) is 0. The molecule has 0 radical (unpaired) electrons. The number of hydrogen-bond acceptors (Lipinski definition) is 2. The Hall–Kier alpha value is -1.83. The van der Waals surface area contributed by atoms with Gasteiger partial charge in [0, 0.05) is 6.42 Å². The van der Waals surface area contributed by atoms with Crippen molar-refractivity contribution in [1.29, 1.82) is 0 Å². The molecule has 0 amide bonds. The number of carbonyl (C=O) groups is 1. The van der Waals surface area contributed by atoms with Crippen LogP contribution in [0, 0.1) is 0 Å². The summed E-state index contributed by atoms with van der Waals surface area (Å²) in [6.45, 7) is 9.10. The summed E-state index contributed by atoms with van der Waals surface area (Å²) in [5, 5.41) is 0. The second-order valence-electron chi connectivity index (χ2n) is 2.94. The second kappa shape index (κ2) is 9.71. The van der Waals surface area contributed by atoms with Gasteiger partial charge in [-0.3, -0.25) is 4.79 Å². The van der Waals surface area contributed by atoms with Crippen LogP contribution in [0.4, 0.5) is 0 Å². The minimum Gasteiger partial charge on any atom is -0.461 e. The summed E-state index contributed by atoms with van der Waals surface area (Å²) in [4.78, 5) is 10.3. The first-order chi connectivity index (χ1) is 7.74. The molecule has 0 N–H and O–H groups in total. The van der Waals surface area contributed by atoms with Gasteiger partial charge in [-0.25, -0.2) is 0 Å². The van der Waals surface area contributed by atoms with E-state index in [4.69, 9.17) is 0 Å². The van der Waals surface area contributed by atoms with Crippen LogP contribution in [0.25, 0.3) is 6.08 Å². The van der Waals surface area contributed by atoms with E-state index in [1.807, 2.05) is 36.4 Å². The lowest BCUT2D eigenvalue weighted by Crippen LogP contribution is -2.00. The highest BCUT2D eigenvalue weighted by Crippen LogP contribution is 1.97. The third-order valence-corrected chi connectivity index (χ3v) is 1.69. The normalized spacial score (nSPS) is 8.31. The van der Waals surface area contributed by atoms with Gasteiger partial charge in [0.15, 0.2) is 0 Å². The van der Waals surface area contributed by atoms with E-state index < -0.39 is 0 Å². The van der Waals surface area contributed by atoms with Crippen LogP contribution >= 0.6 is 0 Å². The molecule has 1 aromatic carbocycles. The summed E-state index contributed by atoms with van der Waals surface area (Å²) in [5.41, 5.74) is 1.17. The third kappa shape index (κ3) is 7.56. The first-order valence-corrected chi connectivity index (χ1v) is 5.18. The summed E-state index contributed by atoms with van der Waals surface area (Å²) < 4.78 is 4.58. The Labute approximate surface area is 97.3 Å². The SMILES string of the molecule is C=CCOC(=O)CC.C=Cc1ccccc1. The molecule has 1 rings (SSSR count). The molecule has 16 heavy (non-hydrogen) atoms. The molecule has 1 aromatic rings. The Morgan fingerprint density at radius 1 is 1.31 bits per heavy atom. The lowest BCUT2D eigenvalue weighted by molar-refractivity contribution is -0.141. The lowest BCUT2D eigenvalue weighted by Gasteiger charge is -1.94. The highest BCUT2D eigenvalue weighted by Gasteiger charge is 1.92. The Balaban J connectivity index is 0.000000281. The monoisotopic (exact) mass is 218 g/mol. The van der Waals surface area contributed by atoms with Gasteiger partial charge >= 0.3 is 5.97 Å². The van der Waals surface area contributed by atoms with Crippen LogP contribution in [0.1, 0.15) is 18.9 Å². The molecule has 0 saturated heterocycles. The average molecular weight is 218 g/mol. The van der Waals surface area contributed by atoms with Crippen molar-refractivity contribution in [3.8, 4) is 0 Å². The molecule has 0 atom stereocenters. The number of hydrogen-bond donors (Lipinski definition) is 0. The zero-order chi connectivity index (χ0) is 12.2. The minimum absolute atomic E-state index is 0.176. The number of rotatable bonds is 4. The highest BCUT2D eigenvalue weighted by molar-refractivity contribution is 5.68. The molecule has 0 bridgehead atoms. The van der Waals surface area contributed by atoms with E-state index >= 15 is 0 Å². The topological polar surface area (TPSA) is 26.3 Å². The minimum atomic E-state index is -0.176. The van der Waals surface area contributed by atoms with E-state index in [0.717, 1.165) is 0 Å². The number of esters is 1. The van der Waals surface area contributed by atoms with E-state index in [1.165, 1.54) is 5.56 Å². The zero-order valence-electron chi connectivity index (χ0n) is 9.69. The van der Waals surface area contributed by atoms with Gasteiger partial charge in [-0.15, -0.1) is 0 Å². The molecule has 2 nitrogen and oxygen atoms in total. The predicted octanol–water partition coefficient (Wildman–Crippen LogP) is 3.46. The van der Waals surface area contributed by atoms with Crippen molar-refractivity contribution in [3.05, 3.63) is 55.1 Å². The fourth-order valence-corrected chi connectivity index (χ4v) is 0.843. The summed E-state index contributed by atoms with van der Waals surface area (Å²) in [6.07, 6.45) is 3.82. The van der Waals surface area contributed by atoms with Gasteiger partial charge in [0.1, 0.15) is 6.61 Å². The van der Waals surface area contributed by atoms with Crippen LogP contribution < -0.4 is 0 Å². The van der Waals surface area contributed by atoms with Crippen LogP contribution in [0.3, 0.4) is 0 Å². The fraction of sp³-hybridized carbons (Fsp3) is 0.214. The van der Waals surface area contributed by atoms with Crippen LogP contribution in [-0.2, 0) is 9.53 Å². The molecule has 0 aliphatic heterocycles. The Morgan fingerprint density at radius 3 is 2.31 bits per heavy atom. The van der Waals surface area contributed by atoms with Crippen molar-refractivity contribution in [2.24, 2.45) is 0 Å². The lowest BCUT2D eigenvalue weighted by atomic mass is 10.2. The predicted molar refractivity (Wildman–Crippen MR) is 68.0 cm³/mol. The van der Waals surface area contributed by atoms with Crippen LogP contribution in [-0.4, -0.2) is 12.6 Å². The van der Waals surface area contributed by atoms with Crippen molar-refractivity contribution in [1.82, 2.24) is 0 Å². The molecular weight excluding hydrogens is 200 g/mol. The number of ether oxygens (including phenoxy) is 1. The Kier molecular flexibility index (Phi) is 8.60. The molecular formula is C14H18O2. The van der Waals surface area contributed by atoms with Crippen molar-refractivity contribution >= 4 is 12.0 Å². The second-order valence-corrected chi connectivity index (χ2v) is 2.94. The molecule has 2 heteroatoms. The third-order valence-electron chi connectivity index (χ3n) is 1.69. The Morgan fingerprint density at radius 2 is 1.94 bits per heavy atom. The molecule has 0 saturated carbocycles. The zero-order valence-corrected chi connectivity index (χ0v) is 9.69. The van der Waals surface area contributed by atoms with Gasteiger partial charge in [0.25, 0.3) is 0 Å². The molecule has 0 aromatic heterocycles. The number of carbonyl (C=O) groups excluding carboxylic acids is 1. The van der Waals surface area contributed by atoms with Crippen LogP contribution in [0.15, 0.2) is 49.6 Å². The van der Waals surface area contributed by atoms with E-state index in [2.05, 4.69) is 17.9 Å². The smallest absolute Gasteiger partial charge is 0.305 e. The standard InChI is InChI=1S/C8H8.C6H10O2/c1-2-8-6-4-3-5-7-8;1-3-5-8-6(7)4-2/h2-7H,1H2;3H,1,4-5H2,2H3. The molecule has 0 fully saturated rings. The van der Waals surface area contributed by atoms with E-state index in [1.54, 1.807) is 13.0 Å². The van der Waals surface area contributed by atoms with E-state index in [0.29, 0.717) is 13.0 Å². The molecule has 86 valence electrons. The first kappa shape index (κ1) is 14.2. The molecule has 0 spiro atoms. The number of benzene rings is 1. The van der Waals surface area contributed by atoms with Crippen molar-refractivity contribution in [2.75, 3.05) is 6.61 Å². The Bertz CT molecular complexity index is 315. The van der Waals surface area contributed by atoms with E-state index in [9.17, 15) is 4.79 Å². The van der Waals surface area contributed by atoms with Gasteiger partial charge in [0.05, 0.1) is 0 Å². The van der Waals surface area contributed by atoms with Crippen LogP contribution in [0.2, 0.25) is 0 Å². The maximum Gasteiger partial charge on any atom is 0.305 e. The van der Waals surface area contributed by atoms with Gasteiger partial charge < -0.3 is 4.74 Å². The summed E-state index contributed by atoms with van der Waals surface area (Å²) >= 11 is 0. The average Bonchev–Trinajstić information content (AvgIpc) is 2.37. The summed E-state index contributed by atoms with van der Waals surface area (Å²) in [6, 6.07) is 10.0. The van der Waals surface area contributed by atoms with Crippen molar-refractivity contribution in [3.63, 3.8) is 0 Å². The first-order valence-electron chi connectivity index (χ1n) is 5.18. The largest absolute Gasteiger partial charge is 0.461 e. The summed E-state index contributed by atoms with van der Waals surface area (Å²) in [5.74, 6) is -0.176. The molecule has 0 heterocycles. The molecule has 0 aliphatic carbocycles. The maximum atomic E-state index is 10.3. The van der Waals surface area contributed by atoms with Gasteiger partial charge in [0.2, 0.25) is 0 Å². The van der Waals surface area contributed by atoms with Gasteiger partial charge in [-0.1, -0.05) is 62.6 Å².